The molecule has 1 aromatic rings. The van der Waals surface area contributed by atoms with Crippen LogP contribution >= 0.6 is 11.6 Å². The molecule has 0 saturated carbocycles. The van der Waals surface area contributed by atoms with Crippen molar-refractivity contribution in [3.05, 3.63) is 35.9 Å². The van der Waals surface area contributed by atoms with Gasteiger partial charge in [0.2, 0.25) is 15.9 Å². The first-order chi connectivity index (χ1) is 10.3. The smallest absolute Gasteiger partial charge is 0.241 e. The summed E-state index contributed by atoms with van der Waals surface area (Å²) in [7, 11) is -3.86. The van der Waals surface area contributed by atoms with Gasteiger partial charge in [0.1, 0.15) is 5.75 Å². The molecule has 1 amide bonds. The first kappa shape index (κ1) is 18.5. The second-order valence-electron chi connectivity index (χ2n) is 4.40. The monoisotopic (exact) mass is 346 g/mol. The number of sulfonamides is 1. The van der Waals surface area contributed by atoms with E-state index in [4.69, 9.17) is 16.3 Å². The van der Waals surface area contributed by atoms with Gasteiger partial charge in [-0.05, 0) is 32.0 Å². The van der Waals surface area contributed by atoms with Gasteiger partial charge in [0.25, 0.3) is 0 Å². The third kappa shape index (κ3) is 5.01. The Balaban J connectivity index is 2.88. The van der Waals surface area contributed by atoms with E-state index < -0.39 is 22.0 Å². The predicted molar refractivity (Wildman–Crippen MR) is 85.6 cm³/mol. The molecule has 8 heteroatoms. The van der Waals surface area contributed by atoms with Crippen LogP contribution in [0.15, 0.2) is 35.7 Å². The zero-order valence-electron chi connectivity index (χ0n) is 12.4. The summed E-state index contributed by atoms with van der Waals surface area (Å²) < 4.78 is 32.0. The van der Waals surface area contributed by atoms with Crippen molar-refractivity contribution in [1.29, 1.82) is 0 Å². The zero-order chi connectivity index (χ0) is 16.8. The molecule has 0 radical (unpaired) electrons. The van der Waals surface area contributed by atoms with Crippen molar-refractivity contribution in [1.82, 2.24) is 10.0 Å². The SMILES string of the molecule is C=CCNC(=O)[C@H](C)NS(=O)(=O)c1ccc(OCC)c(Cl)c1. The zero-order valence-corrected chi connectivity index (χ0v) is 14.0. The van der Waals surface area contributed by atoms with Crippen molar-refractivity contribution in [3.63, 3.8) is 0 Å². The van der Waals surface area contributed by atoms with Gasteiger partial charge >= 0.3 is 0 Å². The van der Waals surface area contributed by atoms with Gasteiger partial charge in [0.05, 0.1) is 22.6 Å². The van der Waals surface area contributed by atoms with Crippen LogP contribution in [0.25, 0.3) is 0 Å². The fourth-order valence-corrected chi connectivity index (χ4v) is 3.13. The van der Waals surface area contributed by atoms with Gasteiger partial charge in [-0.2, -0.15) is 4.72 Å². The molecule has 22 heavy (non-hydrogen) atoms. The molecule has 6 nitrogen and oxygen atoms in total. The third-order valence-electron chi connectivity index (χ3n) is 2.66. The number of ether oxygens (including phenoxy) is 1. The Morgan fingerprint density at radius 1 is 1.50 bits per heavy atom. The molecule has 0 heterocycles. The molecule has 0 fully saturated rings. The second-order valence-corrected chi connectivity index (χ2v) is 6.52. The van der Waals surface area contributed by atoms with Gasteiger partial charge in [-0.3, -0.25) is 4.79 Å². The number of carbonyl (C=O) groups excluding carboxylic acids is 1. The van der Waals surface area contributed by atoms with E-state index >= 15 is 0 Å². The van der Waals surface area contributed by atoms with Crippen LogP contribution in [-0.2, 0) is 14.8 Å². The van der Waals surface area contributed by atoms with Crippen LogP contribution in [0.4, 0.5) is 0 Å². The highest BCUT2D eigenvalue weighted by Gasteiger charge is 2.22. The minimum atomic E-state index is -3.86. The summed E-state index contributed by atoms with van der Waals surface area (Å²) in [6.07, 6.45) is 1.51. The van der Waals surface area contributed by atoms with Crippen LogP contribution in [0.1, 0.15) is 13.8 Å². The number of rotatable bonds is 8. The highest BCUT2D eigenvalue weighted by molar-refractivity contribution is 7.89. The normalized spacial score (nSPS) is 12.5. The molecule has 0 aliphatic carbocycles. The Labute approximate surface area is 135 Å². The van der Waals surface area contributed by atoms with Crippen molar-refractivity contribution in [3.8, 4) is 5.75 Å². The highest BCUT2D eigenvalue weighted by Crippen LogP contribution is 2.27. The maximum Gasteiger partial charge on any atom is 0.241 e. The number of amides is 1. The lowest BCUT2D eigenvalue weighted by molar-refractivity contribution is -0.122. The summed E-state index contributed by atoms with van der Waals surface area (Å²) >= 11 is 5.97. The first-order valence-electron chi connectivity index (χ1n) is 6.65. The predicted octanol–water partition coefficient (Wildman–Crippen LogP) is 1.71. The van der Waals surface area contributed by atoms with Crippen molar-refractivity contribution < 1.29 is 17.9 Å². The van der Waals surface area contributed by atoms with E-state index in [9.17, 15) is 13.2 Å². The fraction of sp³-hybridized carbons (Fsp3) is 0.357. The Kier molecular flexibility index (Phi) is 6.86. The molecular weight excluding hydrogens is 328 g/mol. The summed E-state index contributed by atoms with van der Waals surface area (Å²) in [5, 5.41) is 2.70. The van der Waals surface area contributed by atoms with Gasteiger partial charge in [-0.15, -0.1) is 6.58 Å². The molecule has 2 N–H and O–H groups in total. The average molecular weight is 347 g/mol. The van der Waals surface area contributed by atoms with Crippen LogP contribution in [0.3, 0.4) is 0 Å². The number of hydrogen-bond acceptors (Lipinski definition) is 4. The molecular formula is C14H19ClN2O4S. The second kappa shape index (κ2) is 8.17. The van der Waals surface area contributed by atoms with Crippen LogP contribution in [-0.4, -0.2) is 33.5 Å². The minimum Gasteiger partial charge on any atom is -0.492 e. The summed E-state index contributed by atoms with van der Waals surface area (Å²) in [4.78, 5) is 11.6. The van der Waals surface area contributed by atoms with Gasteiger partial charge in [0, 0.05) is 6.54 Å². The Bertz CT molecular complexity index is 646. The number of benzene rings is 1. The van der Waals surface area contributed by atoms with Crippen molar-refractivity contribution >= 4 is 27.5 Å². The number of halogens is 1. The Hall–Kier alpha value is -1.57. The quantitative estimate of drug-likeness (QED) is 0.702. The van der Waals surface area contributed by atoms with E-state index in [-0.39, 0.29) is 16.5 Å². The summed E-state index contributed by atoms with van der Waals surface area (Å²) in [5.41, 5.74) is 0. The van der Waals surface area contributed by atoms with Crippen LogP contribution in [0, 0.1) is 0 Å². The average Bonchev–Trinajstić information content (AvgIpc) is 2.46. The largest absolute Gasteiger partial charge is 0.492 e. The van der Waals surface area contributed by atoms with E-state index in [1.165, 1.54) is 31.2 Å². The molecule has 1 atom stereocenters. The Morgan fingerprint density at radius 3 is 2.73 bits per heavy atom. The van der Waals surface area contributed by atoms with Gasteiger partial charge in [0.15, 0.2) is 0 Å². The van der Waals surface area contributed by atoms with Crippen molar-refractivity contribution in [2.45, 2.75) is 24.8 Å². The third-order valence-corrected chi connectivity index (χ3v) is 4.49. The molecule has 1 aromatic carbocycles. The molecule has 0 aromatic heterocycles. The first-order valence-corrected chi connectivity index (χ1v) is 8.51. The van der Waals surface area contributed by atoms with Gasteiger partial charge < -0.3 is 10.1 Å². The summed E-state index contributed by atoms with van der Waals surface area (Å²) in [6.45, 7) is 7.40. The van der Waals surface area contributed by atoms with E-state index in [1.54, 1.807) is 6.92 Å². The molecule has 122 valence electrons. The topological polar surface area (TPSA) is 84.5 Å². The fourth-order valence-electron chi connectivity index (χ4n) is 1.60. The molecule has 0 saturated heterocycles. The van der Waals surface area contributed by atoms with Gasteiger partial charge in [-0.1, -0.05) is 17.7 Å². The van der Waals surface area contributed by atoms with Crippen molar-refractivity contribution in [2.75, 3.05) is 13.2 Å². The lowest BCUT2D eigenvalue weighted by Crippen LogP contribution is -2.44. The molecule has 0 unspecified atom stereocenters. The number of nitrogens with one attached hydrogen (secondary N) is 2. The van der Waals surface area contributed by atoms with E-state index in [2.05, 4.69) is 16.6 Å². The Morgan fingerprint density at radius 2 is 2.18 bits per heavy atom. The molecule has 0 aliphatic rings. The number of carbonyl (C=O) groups is 1. The lowest BCUT2D eigenvalue weighted by Gasteiger charge is -2.14. The minimum absolute atomic E-state index is 0.0377. The summed E-state index contributed by atoms with van der Waals surface area (Å²) in [6, 6.07) is 3.20. The maximum atomic E-state index is 12.2. The van der Waals surface area contributed by atoms with Crippen molar-refractivity contribution in [2.24, 2.45) is 0 Å². The molecule has 0 spiro atoms. The molecule has 0 bridgehead atoms. The van der Waals surface area contributed by atoms with E-state index in [0.717, 1.165) is 0 Å². The number of hydrogen-bond donors (Lipinski definition) is 2. The van der Waals surface area contributed by atoms with Crippen LogP contribution < -0.4 is 14.8 Å². The lowest BCUT2D eigenvalue weighted by atomic mass is 10.3. The standard InChI is InChI=1S/C14H19ClN2O4S/c1-4-8-16-14(18)10(3)17-22(19,20)11-6-7-13(21-5-2)12(15)9-11/h4,6-7,9-10,17H,1,5,8H2,2-3H3,(H,16,18)/t10-/m0/s1. The molecule has 0 aliphatic heterocycles. The maximum absolute atomic E-state index is 12.2. The van der Waals surface area contributed by atoms with Crippen LogP contribution in [0.2, 0.25) is 5.02 Å². The van der Waals surface area contributed by atoms with Gasteiger partial charge in [-0.25, -0.2) is 8.42 Å². The molecule has 1 rings (SSSR count). The van der Waals surface area contributed by atoms with E-state index in [0.29, 0.717) is 12.4 Å². The van der Waals surface area contributed by atoms with E-state index in [1.807, 2.05) is 0 Å². The summed E-state index contributed by atoms with van der Waals surface area (Å²) in [5.74, 6) is -0.0413. The highest BCUT2D eigenvalue weighted by atomic mass is 35.5. The van der Waals surface area contributed by atoms with Crippen LogP contribution in [0.5, 0.6) is 5.75 Å².